The van der Waals surface area contributed by atoms with Gasteiger partial charge in [0.1, 0.15) is 0 Å². The molecule has 5 heteroatoms. The molecule has 0 radical (unpaired) electrons. The van der Waals surface area contributed by atoms with Gasteiger partial charge in [0.2, 0.25) is 5.91 Å². The zero-order valence-electron chi connectivity index (χ0n) is 11.8. The van der Waals surface area contributed by atoms with Crippen LogP contribution in [0.3, 0.4) is 0 Å². The van der Waals surface area contributed by atoms with E-state index in [1.54, 1.807) is 12.1 Å². The Morgan fingerprint density at radius 1 is 1.24 bits per heavy atom. The third-order valence-corrected chi connectivity index (χ3v) is 4.03. The van der Waals surface area contributed by atoms with Gasteiger partial charge in [-0.25, -0.2) is 10.2 Å². The fourth-order valence-corrected chi connectivity index (χ4v) is 2.42. The van der Waals surface area contributed by atoms with Crippen LogP contribution in [0.15, 0.2) is 29.4 Å². The summed E-state index contributed by atoms with van der Waals surface area (Å²) in [6, 6.07) is 7.18. The molecule has 0 spiro atoms. The summed E-state index contributed by atoms with van der Waals surface area (Å²) >= 11 is 0. The lowest BCUT2D eigenvalue weighted by atomic mass is 9.86. The minimum atomic E-state index is -0.271. The highest BCUT2D eigenvalue weighted by Gasteiger charge is 2.20. The highest BCUT2D eigenvalue weighted by Crippen LogP contribution is 2.26. The normalized spacial score (nSPS) is 18.5. The van der Waals surface area contributed by atoms with Crippen LogP contribution in [0.4, 0.5) is 0 Å². The van der Waals surface area contributed by atoms with Crippen molar-refractivity contribution in [1.29, 1.82) is 0 Å². The van der Waals surface area contributed by atoms with Gasteiger partial charge in [0.15, 0.2) is 0 Å². The summed E-state index contributed by atoms with van der Waals surface area (Å²) in [6.07, 6.45) is 4.65. The van der Waals surface area contributed by atoms with E-state index >= 15 is 0 Å². The van der Waals surface area contributed by atoms with Crippen molar-refractivity contribution >= 4 is 17.6 Å². The van der Waals surface area contributed by atoms with Crippen LogP contribution in [0.2, 0.25) is 0 Å². The Morgan fingerprint density at radius 3 is 2.57 bits per heavy atom. The largest absolute Gasteiger partial charge is 0.462 e. The van der Waals surface area contributed by atoms with Gasteiger partial charge in [0.05, 0.1) is 17.9 Å². The van der Waals surface area contributed by atoms with Crippen molar-refractivity contribution in [3.63, 3.8) is 0 Å². The predicted molar refractivity (Wildman–Crippen MR) is 78.0 cm³/mol. The fourth-order valence-electron chi connectivity index (χ4n) is 2.42. The van der Waals surface area contributed by atoms with Crippen molar-refractivity contribution in [1.82, 2.24) is 5.43 Å². The average Bonchev–Trinajstić information content (AvgIpc) is 2.46. The van der Waals surface area contributed by atoms with Crippen molar-refractivity contribution in [2.24, 2.45) is 11.0 Å². The summed E-state index contributed by atoms with van der Waals surface area (Å²) in [5, 5.41) is 4.03. The number of amides is 1. The molecule has 0 atom stereocenters. The number of esters is 1. The van der Waals surface area contributed by atoms with Crippen molar-refractivity contribution in [2.45, 2.75) is 32.1 Å². The number of ether oxygens (including phenoxy) is 1. The maximum Gasteiger partial charge on any atom is 0.338 e. The molecule has 0 bridgehead atoms. The Hall–Kier alpha value is -2.17. The molecule has 2 aliphatic rings. The number of carbonyl (C=O) groups is 2. The number of benzene rings is 1. The van der Waals surface area contributed by atoms with E-state index in [-0.39, 0.29) is 11.9 Å². The maximum absolute atomic E-state index is 11.9. The van der Waals surface area contributed by atoms with E-state index in [1.807, 2.05) is 12.1 Å². The van der Waals surface area contributed by atoms with Gasteiger partial charge in [-0.3, -0.25) is 4.79 Å². The molecular formula is C16H18N2O3. The zero-order chi connectivity index (χ0) is 14.7. The zero-order valence-corrected chi connectivity index (χ0v) is 11.8. The lowest BCUT2D eigenvalue weighted by Crippen LogP contribution is -2.25. The molecular weight excluding hydrogens is 268 g/mol. The molecule has 21 heavy (non-hydrogen) atoms. The van der Waals surface area contributed by atoms with Crippen molar-refractivity contribution < 1.29 is 14.3 Å². The fraction of sp³-hybridized carbons (Fsp3) is 0.438. The van der Waals surface area contributed by atoms with Gasteiger partial charge in [0, 0.05) is 12.8 Å². The molecule has 1 aromatic rings. The van der Waals surface area contributed by atoms with Gasteiger partial charge < -0.3 is 4.74 Å². The van der Waals surface area contributed by atoms with Crippen molar-refractivity contribution in [3.05, 3.63) is 35.4 Å². The molecule has 1 amide bonds. The van der Waals surface area contributed by atoms with Crippen LogP contribution in [-0.2, 0) is 9.53 Å². The monoisotopic (exact) mass is 286 g/mol. The van der Waals surface area contributed by atoms with Crippen LogP contribution in [0.1, 0.15) is 48.0 Å². The summed E-state index contributed by atoms with van der Waals surface area (Å²) in [4.78, 5) is 23.0. The van der Waals surface area contributed by atoms with Gasteiger partial charge in [-0.15, -0.1) is 0 Å². The molecule has 1 aliphatic carbocycles. The third kappa shape index (κ3) is 3.29. The smallest absolute Gasteiger partial charge is 0.338 e. The Morgan fingerprint density at radius 2 is 2.00 bits per heavy atom. The number of hydrogen-bond acceptors (Lipinski definition) is 4. The first-order valence-electron chi connectivity index (χ1n) is 7.35. The van der Waals surface area contributed by atoms with Crippen LogP contribution in [0, 0.1) is 5.92 Å². The third-order valence-electron chi connectivity index (χ3n) is 4.03. The van der Waals surface area contributed by atoms with Gasteiger partial charge >= 0.3 is 5.97 Å². The molecule has 1 saturated carbocycles. The maximum atomic E-state index is 11.9. The lowest BCUT2D eigenvalue weighted by Gasteiger charge is -2.24. The number of nitrogens with zero attached hydrogens (tertiary/aromatic N) is 1. The molecule has 5 nitrogen and oxygen atoms in total. The Kier molecular flexibility index (Phi) is 3.99. The molecule has 1 fully saturated rings. The molecule has 1 heterocycles. The first kappa shape index (κ1) is 13.8. The average molecular weight is 286 g/mol. The Balaban J connectivity index is 1.60. The van der Waals surface area contributed by atoms with E-state index in [9.17, 15) is 9.59 Å². The first-order chi connectivity index (χ1) is 10.2. The second kappa shape index (κ2) is 6.08. The van der Waals surface area contributed by atoms with E-state index < -0.39 is 0 Å². The second-order valence-electron chi connectivity index (χ2n) is 5.57. The number of nitrogens with one attached hydrogen (secondary N) is 1. The van der Waals surface area contributed by atoms with E-state index in [0.29, 0.717) is 30.9 Å². The van der Waals surface area contributed by atoms with E-state index in [1.165, 1.54) is 6.42 Å². The highest BCUT2D eigenvalue weighted by atomic mass is 16.5. The molecule has 3 rings (SSSR count). The Bertz CT molecular complexity index is 574. The molecule has 1 aliphatic heterocycles. The summed E-state index contributed by atoms with van der Waals surface area (Å²) < 4.78 is 5.31. The molecule has 110 valence electrons. The second-order valence-corrected chi connectivity index (χ2v) is 5.57. The number of hydrazone groups is 1. The minimum absolute atomic E-state index is 0.0602. The minimum Gasteiger partial charge on any atom is -0.462 e. The molecule has 1 aromatic carbocycles. The standard InChI is InChI=1S/C16H18N2O3/c19-15-9-8-14(17-18-15)12-4-6-13(7-5-12)16(20)21-10-11-2-1-3-11/h4-7,11H,1-3,8-10H2,(H,18,19). The van der Waals surface area contributed by atoms with E-state index in [0.717, 1.165) is 24.1 Å². The quantitative estimate of drug-likeness (QED) is 0.863. The predicted octanol–water partition coefficient (Wildman–Crippen LogP) is 2.26. The number of hydrogen-bond donors (Lipinski definition) is 1. The molecule has 0 aromatic heterocycles. The summed E-state index contributed by atoms with van der Waals surface area (Å²) in [7, 11) is 0. The topological polar surface area (TPSA) is 67.8 Å². The summed E-state index contributed by atoms with van der Waals surface area (Å²) in [5.41, 5.74) is 4.78. The van der Waals surface area contributed by atoms with E-state index in [2.05, 4.69) is 10.5 Å². The van der Waals surface area contributed by atoms with Crippen LogP contribution in [-0.4, -0.2) is 24.2 Å². The van der Waals surface area contributed by atoms with Crippen LogP contribution < -0.4 is 5.43 Å². The van der Waals surface area contributed by atoms with E-state index in [4.69, 9.17) is 4.74 Å². The molecule has 1 N–H and O–H groups in total. The summed E-state index contributed by atoms with van der Waals surface area (Å²) in [6.45, 7) is 0.527. The SMILES string of the molecule is O=C1CCC(c2ccc(C(=O)OCC3CCC3)cc2)=NN1. The van der Waals surface area contributed by atoms with Crippen LogP contribution in [0.5, 0.6) is 0 Å². The van der Waals surface area contributed by atoms with Gasteiger partial charge in [-0.1, -0.05) is 18.6 Å². The van der Waals surface area contributed by atoms with Crippen molar-refractivity contribution in [3.8, 4) is 0 Å². The van der Waals surface area contributed by atoms with Gasteiger partial charge in [-0.2, -0.15) is 5.10 Å². The van der Waals surface area contributed by atoms with Crippen molar-refractivity contribution in [2.75, 3.05) is 6.61 Å². The first-order valence-corrected chi connectivity index (χ1v) is 7.35. The molecule has 0 unspecified atom stereocenters. The Labute approximate surface area is 123 Å². The number of rotatable bonds is 4. The van der Waals surface area contributed by atoms with Crippen LogP contribution in [0.25, 0.3) is 0 Å². The van der Waals surface area contributed by atoms with Gasteiger partial charge in [0.25, 0.3) is 0 Å². The lowest BCUT2D eigenvalue weighted by molar-refractivity contribution is -0.121. The molecule has 0 saturated heterocycles. The highest BCUT2D eigenvalue weighted by molar-refractivity contribution is 6.04. The number of carbonyl (C=O) groups excluding carboxylic acids is 2. The van der Waals surface area contributed by atoms with Gasteiger partial charge in [-0.05, 0) is 36.5 Å². The summed E-state index contributed by atoms with van der Waals surface area (Å²) in [5.74, 6) is 0.218. The van der Waals surface area contributed by atoms with Crippen LogP contribution >= 0.6 is 0 Å².